The minimum Gasteiger partial charge on any atom is -0.298 e. The molecule has 4 heteroatoms. The third-order valence-electron chi connectivity index (χ3n) is 3.19. The van der Waals surface area contributed by atoms with Crippen LogP contribution in [-0.4, -0.2) is 21.3 Å². The number of hydrogen-bond acceptors (Lipinski definition) is 4. The molecule has 0 spiro atoms. The first-order chi connectivity index (χ1) is 7.51. The lowest BCUT2D eigenvalue weighted by Gasteiger charge is -2.19. The Morgan fingerprint density at radius 3 is 2.75 bits per heavy atom. The molecule has 0 saturated carbocycles. The number of aromatic nitrogens is 1. The van der Waals surface area contributed by atoms with E-state index in [1.54, 1.807) is 11.3 Å². The van der Waals surface area contributed by atoms with Gasteiger partial charge in [0, 0.05) is 4.88 Å². The molecule has 88 valence electrons. The topological polar surface area (TPSA) is 30.0 Å². The fourth-order valence-electron chi connectivity index (χ4n) is 1.94. The van der Waals surface area contributed by atoms with E-state index in [4.69, 9.17) is 0 Å². The Bertz CT molecular complexity index is 386. The SMILES string of the molecule is Cc1nc(CC(=O)C2(C)CCCS2)sc1C. The van der Waals surface area contributed by atoms with Crippen LogP contribution < -0.4 is 0 Å². The fraction of sp³-hybridized carbons (Fsp3) is 0.667. The van der Waals surface area contributed by atoms with Gasteiger partial charge in [0.05, 0.1) is 16.9 Å². The van der Waals surface area contributed by atoms with Gasteiger partial charge in [-0.05, 0) is 39.4 Å². The predicted octanol–water partition coefficient (Wildman–Crippen LogP) is 3.16. The Balaban J connectivity index is 2.07. The zero-order chi connectivity index (χ0) is 11.8. The van der Waals surface area contributed by atoms with Crippen LogP contribution >= 0.6 is 23.1 Å². The number of rotatable bonds is 3. The van der Waals surface area contributed by atoms with Gasteiger partial charge in [-0.25, -0.2) is 4.98 Å². The molecule has 0 bridgehead atoms. The maximum absolute atomic E-state index is 12.2. The van der Waals surface area contributed by atoms with E-state index in [-0.39, 0.29) is 4.75 Å². The van der Waals surface area contributed by atoms with Crippen LogP contribution in [-0.2, 0) is 11.2 Å². The lowest BCUT2D eigenvalue weighted by atomic mass is 9.98. The fourth-order valence-corrected chi connectivity index (χ4v) is 4.13. The van der Waals surface area contributed by atoms with Gasteiger partial charge in [-0.15, -0.1) is 23.1 Å². The highest BCUT2D eigenvalue weighted by Crippen LogP contribution is 2.39. The Kier molecular flexibility index (Phi) is 3.40. The average molecular weight is 255 g/mol. The third kappa shape index (κ3) is 2.33. The monoisotopic (exact) mass is 255 g/mol. The lowest BCUT2D eigenvalue weighted by molar-refractivity contribution is -0.120. The van der Waals surface area contributed by atoms with E-state index in [1.165, 1.54) is 11.3 Å². The standard InChI is InChI=1S/C12H17NOS2/c1-8-9(2)16-11(13-8)7-10(14)12(3)5-4-6-15-12/h4-7H2,1-3H3. The van der Waals surface area contributed by atoms with E-state index in [1.807, 2.05) is 18.7 Å². The van der Waals surface area contributed by atoms with Gasteiger partial charge >= 0.3 is 0 Å². The molecule has 16 heavy (non-hydrogen) atoms. The molecule has 1 aromatic rings. The van der Waals surface area contributed by atoms with Crippen LogP contribution in [0.5, 0.6) is 0 Å². The van der Waals surface area contributed by atoms with Gasteiger partial charge in [-0.2, -0.15) is 0 Å². The van der Waals surface area contributed by atoms with Crippen molar-refractivity contribution >= 4 is 28.9 Å². The first-order valence-electron chi connectivity index (χ1n) is 5.61. The van der Waals surface area contributed by atoms with Gasteiger partial charge in [0.25, 0.3) is 0 Å². The van der Waals surface area contributed by atoms with Crippen LogP contribution in [0.3, 0.4) is 0 Å². The second-order valence-electron chi connectivity index (χ2n) is 4.53. The van der Waals surface area contributed by atoms with E-state index >= 15 is 0 Å². The Morgan fingerprint density at radius 2 is 2.25 bits per heavy atom. The molecule has 1 aliphatic rings. The zero-order valence-electron chi connectivity index (χ0n) is 10.0. The molecule has 1 aliphatic heterocycles. The highest BCUT2D eigenvalue weighted by atomic mass is 32.2. The molecule has 2 heterocycles. The van der Waals surface area contributed by atoms with E-state index in [2.05, 4.69) is 18.8 Å². The molecule has 0 amide bonds. The van der Waals surface area contributed by atoms with Crippen LogP contribution in [0.15, 0.2) is 0 Å². The molecule has 1 unspecified atom stereocenters. The number of nitrogens with zero attached hydrogens (tertiary/aromatic N) is 1. The number of carbonyl (C=O) groups excluding carboxylic acids is 1. The Hall–Kier alpha value is -0.350. The molecule has 0 N–H and O–H groups in total. The number of Topliss-reactive ketones (excluding diaryl/α,β-unsaturated/α-hetero) is 1. The van der Waals surface area contributed by atoms with Crippen LogP contribution in [0, 0.1) is 13.8 Å². The molecule has 2 rings (SSSR count). The zero-order valence-corrected chi connectivity index (χ0v) is 11.6. The van der Waals surface area contributed by atoms with Crippen molar-refractivity contribution in [3.8, 4) is 0 Å². The van der Waals surface area contributed by atoms with Gasteiger partial charge in [0.1, 0.15) is 5.01 Å². The molecule has 0 aromatic carbocycles. The van der Waals surface area contributed by atoms with Crippen molar-refractivity contribution in [1.82, 2.24) is 4.98 Å². The number of aryl methyl sites for hydroxylation is 2. The molecule has 1 atom stereocenters. The van der Waals surface area contributed by atoms with Crippen molar-refractivity contribution < 1.29 is 4.79 Å². The molecular formula is C12H17NOS2. The summed E-state index contributed by atoms with van der Waals surface area (Å²) in [5, 5.41) is 0.980. The van der Waals surface area contributed by atoms with Crippen molar-refractivity contribution in [2.45, 2.75) is 44.8 Å². The van der Waals surface area contributed by atoms with E-state index in [0.29, 0.717) is 12.2 Å². The summed E-state index contributed by atoms with van der Waals surface area (Å²) in [6.07, 6.45) is 2.71. The minimum absolute atomic E-state index is 0.145. The Labute approximate surface area is 105 Å². The molecule has 1 aromatic heterocycles. The molecule has 0 radical (unpaired) electrons. The summed E-state index contributed by atoms with van der Waals surface area (Å²) in [6, 6.07) is 0. The number of ketones is 1. The van der Waals surface area contributed by atoms with Crippen molar-refractivity contribution in [3.63, 3.8) is 0 Å². The van der Waals surface area contributed by atoms with Gasteiger partial charge in [0.15, 0.2) is 5.78 Å². The molecule has 2 nitrogen and oxygen atoms in total. The molecular weight excluding hydrogens is 238 g/mol. The third-order valence-corrected chi connectivity index (χ3v) is 5.83. The smallest absolute Gasteiger partial charge is 0.155 e. The van der Waals surface area contributed by atoms with Gasteiger partial charge in [0.2, 0.25) is 0 Å². The van der Waals surface area contributed by atoms with Crippen LogP contribution in [0.2, 0.25) is 0 Å². The quantitative estimate of drug-likeness (QED) is 0.831. The van der Waals surface area contributed by atoms with Crippen molar-refractivity contribution in [1.29, 1.82) is 0 Å². The van der Waals surface area contributed by atoms with Gasteiger partial charge in [-0.3, -0.25) is 4.79 Å². The first kappa shape index (κ1) is 12.1. The summed E-state index contributed by atoms with van der Waals surface area (Å²) >= 11 is 3.47. The summed E-state index contributed by atoms with van der Waals surface area (Å²) in [6.45, 7) is 6.15. The van der Waals surface area contributed by atoms with Crippen molar-refractivity contribution in [3.05, 3.63) is 15.6 Å². The van der Waals surface area contributed by atoms with Crippen molar-refractivity contribution in [2.24, 2.45) is 0 Å². The lowest BCUT2D eigenvalue weighted by Crippen LogP contribution is -2.30. The number of hydrogen-bond donors (Lipinski definition) is 0. The maximum Gasteiger partial charge on any atom is 0.155 e. The van der Waals surface area contributed by atoms with Crippen LogP contribution in [0.1, 0.15) is 35.3 Å². The maximum atomic E-state index is 12.2. The normalized spacial score (nSPS) is 24.9. The van der Waals surface area contributed by atoms with Gasteiger partial charge < -0.3 is 0 Å². The highest BCUT2D eigenvalue weighted by molar-refractivity contribution is 8.01. The summed E-state index contributed by atoms with van der Waals surface area (Å²) in [5.41, 5.74) is 1.07. The second kappa shape index (κ2) is 4.49. The van der Waals surface area contributed by atoms with Crippen LogP contribution in [0.4, 0.5) is 0 Å². The van der Waals surface area contributed by atoms with E-state index in [0.717, 1.165) is 22.9 Å². The highest BCUT2D eigenvalue weighted by Gasteiger charge is 2.36. The molecule has 1 saturated heterocycles. The number of thiazole rings is 1. The Morgan fingerprint density at radius 1 is 1.50 bits per heavy atom. The summed E-state index contributed by atoms with van der Waals surface area (Å²) in [7, 11) is 0. The number of carbonyl (C=O) groups is 1. The summed E-state index contributed by atoms with van der Waals surface area (Å²) in [4.78, 5) is 17.9. The number of thioether (sulfide) groups is 1. The predicted molar refractivity (Wildman–Crippen MR) is 70.4 cm³/mol. The van der Waals surface area contributed by atoms with Crippen LogP contribution in [0.25, 0.3) is 0 Å². The van der Waals surface area contributed by atoms with E-state index < -0.39 is 0 Å². The second-order valence-corrected chi connectivity index (χ2v) is 7.42. The minimum atomic E-state index is -0.145. The summed E-state index contributed by atoms with van der Waals surface area (Å²) in [5.74, 6) is 1.47. The van der Waals surface area contributed by atoms with Crippen molar-refractivity contribution in [2.75, 3.05) is 5.75 Å². The van der Waals surface area contributed by atoms with Gasteiger partial charge in [-0.1, -0.05) is 0 Å². The largest absolute Gasteiger partial charge is 0.298 e. The average Bonchev–Trinajstić information content (AvgIpc) is 2.76. The first-order valence-corrected chi connectivity index (χ1v) is 7.42. The molecule has 0 aliphatic carbocycles. The summed E-state index contributed by atoms with van der Waals surface area (Å²) < 4.78 is -0.145. The van der Waals surface area contributed by atoms with E-state index in [9.17, 15) is 4.79 Å². The molecule has 1 fully saturated rings.